The van der Waals surface area contributed by atoms with E-state index in [4.69, 9.17) is 4.18 Å². The van der Waals surface area contributed by atoms with E-state index >= 15 is 0 Å². The van der Waals surface area contributed by atoms with Crippen molar-refractivity contribution in [3.8, 4) is 0 Å². The van der Waals surface area contributed by atoms with Gasteiger partial charge >= 0.3 is 16.1 Å². The number of rotatable bonds is 6. The van der Waals surface area contributed by atoms with Crippen LogP contribution in [0.4, 0.5) is 5.82 Å². The molecule has 0 aliphatic carbocycles. The average molecular weight is 315 g/mol. The van der Waals surface area contributed by atoms with Crippen LogP contribution >= 0.6 is 0 Å². The molecule has 0 saturated heterocycles. The Bertz CT molecular complexity index is 631. The van der Waals surface area contributed by atoms with Crippen molar-refractivity contribution in [3.05, 3.63) is 28.6 Å². The van der Waals surface area contributed by atoms with Gasteiger partial charge < -0.3 is 14.1 Å². The number of nitrogens with zero attached hydrogens (tertiary/aromatic N) is 2. The van der Waals surface area contributed by atoms with Gasteiger partial charge in [0.1, 0.15) is 5.82 Å². The number of pyridine rings is 1. The van der Waals surface area contributed by atoms with Crippen LogP contribution in [0.25, 0.3) is 0 Å². The Morgan fingerprint density at radius 1 is 1.29 bits per heavy atom. The molecule has 1 heterocycles. The van der Waals surface area contributed by atoms with E-state index in [1.165, 1.54) is 6.07 Å². The van der Waals surface area contributed by atoms with Crippen LogP contribution in [0.3, 0.4) is 0 Å². The maximum atomic E-state index is 11.4. The minimum Gasteiger partial charge on any atom is -0.345 e. The lowest BCUT2D eigenvalue weighted by molar-refractivity contribution is 0.339. The van der Waals surface area contributed by atoms with Gasteiger partial charge in [-0.1, -0.05) is 19.9 Å². The topological polar surface area (TPSA) is 91.8 Å². The molecular weight excluding hydrogens is 294 g/mol. The predicted molar refractivity (Wildman–Crippen MR) is 82.2 cm³/mol. The first-order chi connectivity index (χ1) is 9.85. The van der Waals surface area contributed by atoms with E-state index in [0.29, 0.717) is 13.1 Å². The van der Waals surface area contributed by atoms with Crippen molar-refractivity contribution in [1.29, 1.82) is 0 Å². The summed E-state index contributed by atoms with van der Waals surface area (Å²) in [6.45, 7) is 5.18. The Kier molecular flexibility index (Phi) is 6.41. The van der Waals surface area contributed by atoms with E-state index in [-0.39, 0.29) is 17.4 Å². The van der Waals surface area contributed by atoms with Gasteiger partial charge in [0.15, 0.2) is 0 Å². The zero-order valence-electron chi connectivity index (χ0n) is 12.5. The standard InChI is InChI=1S/C13H21N3O4S/c1-4-9-16(10-5-2)13(20-21(3,18)19)15-11-7-6-8-12(17)14-11/h6-8H,4-5,9-10H2,1-3H3,(H,14,17)/b15-13-. The number of hydrogen-bond donors (Lipinski definition) is 1. The summed E-state index contributed by atoms with van der Waals surface area (Å²) in [4.78, 5) is 19.7. The van der Waals surface area contributed by atoms with Gasteiger partial charge in [-0.15, -0.1) is 0 Å². The predicted octanol–water partition coefficient (Wildman–Crippen LogP) is 1.46. The van der Waals surface area contributed by atoms with Crippen molar-refractivity contribution in [2.75, 3.05) is 19.3 Å². The minimum atomic E-state index is -3.70. The molecule has 1 aromatic heterocycles. The lowest BCUT2D eigenvalue weighted by Gasteiger charge is -2.23. The van der Waals surface area contributed by atoms with Crippen molar-refractivity contribution in [1.82, 2.24) is 9.88 Å². The molecule has 0 fully saturated rings. The Hall–Kier alpha value is -1.83. The van der Waals surface area contributed by atoms with Crippen LogP contribution < -0.4 is 5.56 Å². The third-order valence-corrected chi connectivity index (χ3v) is 2.90. The lowest BCUT2D eigenvalue weighted by atomic mass is 10.4. The van der Waals surface area contributed by atoms with Crippen molar-refractivity contribution in [3.63, 3.8) is 0 Å². The van der Waals surface area contributed by atoms with Gasteiger partial charge in [-0.3, -0.25) is 4.79 Å². The van der Waals surface area contributed by atoms with Crippen LogP contribution in [0.5, 0.6) is 0 Å². The zero-order chi connectivity index (χ0) is 15.9. The molecule has 0 aliphatic rings. The number of hydrogen-bond acceptors (Lipinski definition) is 5. The molecule has 7 nitrogen and oxygen atoms in total. The highest BCUT2D eigenvalue weighted by molar-refractivity contribution is 7.86. The number of amidine groups is 1. The molecule has 118 valence electrons. The summed E-state index contributed by atoms with van der Waals surface area (Å²) >= 11 is 0. The number of aliphatic imine (C=N–C) groups is 1. The molecule has 0 amide bonds. The van der Waals surface area contributed by atoms with Crippen molar-refractivity contribution < 1.29 is 12.6 Å². The molecule has 0 spiro atoms. The second kappa shape index (κ2) is 7.82. The normalized spacial score (nSPS) is 12.2. The summed E-state index contributed by atoms with van der Waals surface area (Å²) in [5.41, 5.74) is -0.313. The molecule has 0 bridgehead atoms. The molecule has 1 aromatic rings. The molecule has 21 heavy (non-hydrogen) atoms. The van der Waals surface area contributed by atoms with Crippen LogP contribution in [0, 0.1) is 0 Å². The van der Waals surface area contributed by atoms with Crippen LogP contribution in [-0.4, -0.2) is 43.7 Å². The summed E-state index contributed by atoms with van der Waals surface area (Å²) in [6.07, 6.45) is 2.60. The highest BCUT2D eigenvalue weighted by Gasteiger charge is 2.17. The SMILES string of the molecule is CCCN(CCC)/C(=N/c1cccc(=O)[nH]1)OS(C)(=O)=O. The van der Waals surface area contributed by atoms with Gasteiger partial charge in [0.2, 0.25) is 5.56 Å². The van der Waals surface area contributed by atoms with E-state index in [9.17, 15) is 13.2 Å². The minimum absolute atomic E-state index is 0.0250. The monoisotopic (exact) mass is 315 g/mol. The lowest BCUT2D eigenvalue weighted by Crippen LogP contribution is -2.35. The van der Waals surface area contributed by atoms with Gasteiger partial charge in [0, 0.05) is 19.2 Å². The van der Waals surface area contributed by atoms with E-state index in [2.05, 4.69) is 9.98 Å². The first-order valence-electron chi connectivity index (χ1n) is 6.78. The smallest absolute Gasteiger partial charge is 0.311 e. The number of aromatic nitrogens is 1. The van der Waals surface area contributed by atoms with Crippen molar-refractivity contribution in [2.24, 2.45) is 4.99 Å². The fourth-order valence-corrected chi connectivity index (χ4v) is 2.14. The fraction of sp³-hybridized carbons (Fsp3) is 0.538. The van der Waals surface area contributed by atoms with Crippen LogP contribution in [0.1, 0.15) is 26.7 Å². The first-order valence-corrected chi connectivity index (χ1v) is 8.59. The highest BCUT2D eigenvalue weighted by atomic mass is 32.2. The Balaban J connectivity index is 3.19. The largest absolute Gasteiger partial charge is 0.345 e. The first kappa shape index (κ1) is 17.2. The highest BCUT2D eigenvalue weighted by Crippen LogP contribution is 2.09. The maximum Gasteiger partial charge on any atom is 0.311 e. The molecule has 1 N–H and O–H groups in total. The maximum absolute atomic E-state index is 11.4. The second-order valence-corrected chi connectivity index (χ2v) is 6.14. The molecule has 0 atom stereocenters. The van der Waals surface area contributed by atoms with E-state index in [0.717, 1.165) is 19.1 Å². The molecule has 8 heteroatoms. The fourth-order valence-electron chi connectivity index (χ4n) is 1.72. The van der Waals surface area contributed by atoms with Gasteiger partial charge in [-0.25, -0.2) is 0 Å². The quantitative estimate of drug-likeness (QED) is 0.487. The van der Waals surface area contributed by atoms with Crippen molar-refractivity contribution in [2.45, 2.75) is 26.7 Å². The molecule has 0 aliphatic heterocycles. The van der Waals surface area contributed by atoms with Gasteiger partial charge in [-0.2, -0.15) is 13.4 Å². The molecule has 0 radical (unpaired) electrons. The van der Waals surface area contributed by atoms with Crippen LogP contribution in [0.2, 0.25) is 0 Å². The summed E-state index contributed by atoms with van der Waals surface area (Å²) in [7, 11) is -3.70. The third-order valence-electron chi connectivity index (χ3n) is 2.45. The second-order valence-electron chi connectivity index (χ2n) is 4.57. The average Bonchev–Trinajstić information content (AvgIpc) is 2.36. The van der Waals surface area contributed by atoms with E-state index < -0.39 is 10.1 Å². The number of nitrogens with one attached hydrogen (secondary N) is 1. The third kappa shape index (κ3) is 6.44. The van der Waals surface area contributed by atoms with E-state index in [1.54, 1.807) is 17.0 Å². The molecule has 1 rings (SSSR count). The van der Waals surface area contributed by atoms with Crippen LogP contribution in [-0.2, 0) is 14.3 Å². The molecule has 0 aromatic carbocycles. The Labute approximate surface area is 124 Å². The summed E-state index contributed by atoms with van der Waals surface area (Å²) in [5.74, 6) is 0.248. The van der Waals surface area contributed by atoms with Gasteiger partial charge in [0.05, 0.1) is 6.26 Å². The molecule has 0 saturated carbocycles. The van der Waals surface area contributed by atoms with Crippen molar-refractivity contribution >= 4 is 22.0 Å². The van der Waals surface area contributed by atoms with E-state index in [1.807, 2.05) is 13.8 Å². The summed E-state index contributed by atoms with van der Waals surface area (Å²) < 4.78 is 27.8. The van der Waals surface area contributed by atoms with Gasteiger partial charge in [0.25, 0.3) is 0 Å². The number of aromatic amines is 1. The summed E-state index contributed by atoms with van der Waals surface area (Å²) in [5, 5.41) is 0. The van der Waals surface area contributed by atoms with Crippen LogP contribution in [0.15, 0.2) is 28.0 Å². The molecular formula is C13H21N3O4S. The summed E-state index contributed by atoms with van der Waals surface area (Å²) in [6, 6.07) is 4.44. The van der Waals surface area contributed by atoms with Gasteiger partial charge in [-0.05, 0) is 18.9 Å². The number of H-pyrrole nitrogens is 1. The Morgan fingerprint density at radius 3 is 2.38 bits per heavy atom. The molecule has 0 unspecified atom stereocenters. The Morgan fingerprint density at radius 2 is 1.90 bits per heavy atom. The zero-order valence-corrected chi connectivity index (χ0v) is 13.3.